The van der Waals surface area contributed by atoms with Gasteiger partial charge in [0, 0.05) is 12.1 Å². The number of amides is 2. The van der Waals surface area contributed by atoms with E-state index in [4.69, 9.17) is 14.2 Å². The van der Waals surface area contributed by atoms with Crippen LogP contribution < -0.4 is 24.8 Å². The average molecular weight is 370 g/mol. The Kier molecular flexibility index (Phi) is 5.49. The Hall–Kier alpha value is -3.22. The van der Waals surface area contributed by atoms with Crippen molar-refractivity contribution >= 4 is 11.8 Å². The van der Waals surface area contributed by atoms with E-state index >= 15 is 0 Å². The first-order chi connectivity index (χ1) is 13.1. The number of benzene rings is 2. The van der Waals surface area contributed by atoms with Crippen molar-refractivity contribution in [3.05, 3.63) is 42.0 Å². The van der Waals surface area contributed by atoms with Gasteiger partial charge in [-0.15, -0.1) is 0 Å². The topological polar surface area (TPSA) is 85.9 Å². The summed E-state index contributed by atoms with van der Waals surface area (Å²) in [4.78, 5) is 24.2. The lowest BCUT2D eigenvalue weighted by atomic mass is 10.0. The third kappa shape index (κ3) is 3.81. The van der Waals surface area contributed by atoms with Crippen LogP contribution in [0.1, 0.15) is 16.8 Å². The van der Waals surface area contributed by atoms with Gasteiger partial charge in [0.05, 0.1) is 21.3 Å². The standard InChI is InChI=1S/C20H22N2O5/c1-25-16-10-14(11-17(26-2)18(16)27-3)12-5-4-6-13(9-12)19(23)22-15-7-8-21-20(15)24/h4-6,9-11,15H,7-8H2,1-3H3,(H,21,24)(H,22,23)/t15-/m0/s1. The molecule has 0 unspecified atom stereocenters. The third-order valence-electron chi connectivity index (χ3n) is 4.48. The zero-order chi connectivity index (χ0) is 19.4. The number of carbonyl (C=O) groups excluding carboxylic acids is 2. The van der Waals surface area contributed by atoms with Crippen molar-refractivity contribution in [2.45, 2.75) is 12.5 Å². The fraction of sp³-hybridized carbons (Fsp3) is 0.300. The number of carbonyl (C=O) groups is 2. The highest BCUT2D eigenvalue weighted by molar-refractivity contribution is 5.99. The molecule has 1 aliphatic rings. The molecular weight excluding hydrogens is 348 g/mol. The van der Waals surface area contributed by atoms with Crippen LogP contribution >= 0.6 is 0 Å². The molecule has 2 amide bonds. The van der Waals surface area contributed by atoms with Gasteiger partial charge in [0.2, 0.25) is 11.7 Å². The van der Waals surface area contributed by atoms with Gasteiger partial charge in [-0.3, -0.25) is 9.59 Å². The fourth-order valence-corrected chi connectivity index (χ4v) is 3.06. The molecule has 2 aromatic rings. The van der Waals surface area contributed by atoms with E-state index in [2.05, 4.69) is 10.6 Å². The first-order valence-electron chi connectivity index (χ1n) is 8.56. The lowest BCUT2D eigenvalue weighted by Crippen LogP contribution is -2.40. The summed E-state index contributed by atoms with van der Waals surface area (Å²) < 4.78 is 16.1. The summed E-state index contributed by atoms with van der Waals surface area (Å²) in [6, 6.07) is 10.3. The number of nitrogens with one attached hydrogen (secondary N) is 2. The quantitative estimate of drug-likeness (QED) is 0.812. The number of hydrogen-bond donors (Lipinski definition) is 2. The van der Waals surface area contributed by atoms with Crippen molar-refractivity contribution in [3.8, 4) is 28.4 Å². The zero-order valence-electron chi connectivity index (χ0n) is 15.5. The van der Waals surface area contributed by atoms with E-state index < -0.39 is 6.04 Å². The Morgan fingerprint density at radius 2 is 1.74 bits per heavy atom. The minimum absolute atomic E-state index is 0.149. The smallest absolute Gasteiger partial charge is 0.251 e. The van der Waals surface area contributed by atoms with E-state index in [0.717, 1.165) is 11.1 Å². The highest BCUT2D eigenvalue weighted by Crippen LogP contribution is 2.41. The Bertz CT molecular complexity index is 840. The summed E-state index contributed by atoms with van der Waals surface area (Å²) in [7, 11) is 4.65. The largest absolute Gasteiger partial charge is 0.493 e. The average Bonchev–Trinajstić information content (AvgIpc) is 3.11. The molecule has 0 aromatic heterocycles. The van der Waals surface area contributed by atoms with Gasteiger partial charge in [0.25, 0.3) is 5.91 Å². The minimum Gasteiger partial charge on any atom is -0.493 e. The van der Waals surface area contributed by atoms with Crippen molar-refractivity contribution in [3.63, 3.8) is 0 Å². The summed E-state index contributed by atoms with van der Waals surface area (Å²) in [5, 5.41) is 5.47. The maximum Gasteiger partial charge on any atom is 0.251 e. The second-order valence-electron chi connectivity index (χ2n) is 6.10. The normalized spacial score (nSPS) is 15.8. The van der Waals surface area contributed by atoms with Gasteiger partial charge in [-0.1, -0.05) is 12.1 Å². The van der Waals surface area contributed by atoms with Gasteiger partial charge in [0.1, 0.15) is 6.04 Å². The van der Waals surface area contributed by atoms with Crippen LogP contribution in [0, 0.1) is 0 Å². The van der Waals surface area contributed by atoms with Crippen molar-refractivity contribution in [2.24, 2.45) is 0 Å². The zero-order valence-corrected chi connectivity index (χ0v) is 15.5. The van der Waals surface area contributed by atoms with Crippen LogP contribution in [-0.4, -0.2) is 45.7 Å². The number of hydrogen-bond acceptors (Lipinski definition) is 5. The molecule has 7 heteroatoms. The van der Waals surface area contributed by atoms with Crippen LogP contribution in [0.4, 0.5) is 0 Å². The van der Waals surface area contributed by atoms with Crippen LogP contribution in [0.5, 0.6) is 17.2 Å². The molecule has 7 nitrogen and oxygen atoms in total. The summed E-state index contributed by atoms with van der Waals surface area (Å²) >= 11 is 0. The molecule has 1 atom stereocenters. The van der Waals surface area contributed by atoms with Crippen LogP contribution in [0.25, 0.3) is 11.1 Å². The highest BCUT2D eigenvalue weighted by Gasteiger charge is 2.26. The van der Waals surface area contributed by atoms with Gasteiger partial charge in [0.15, 0.2) is 11.5 Å². The molecule has 0 aliphatic carbocycles. The lowest BCUT2D eigenvalue weighted by Gasteiger charge is -2.15. The first-order valence-corrected chi connectivity index (χ1v) is 8.56. The molecule has 0 bridgehead atoms. The summed E-state index contributed by atoms with van der Waals surface area (Å²) in [6.07, 6.45) is 0.594. The Morgan fingerprint density at radius 3 is 2.30 bits per heavy atom. The van der Waals surface area contributed by atoms with Crippen LogP contribution in [0.3, 0.4) is 0 Å². The molecule has 0 spiro atoms. The van der Waals surface area contributed by atoms with E-state index in [1.807, 2.05) is 18.2 Å². The van der Waals surface area contributed by atoms with Crippen LogP contribution in [-0.2, 0) is 4.79 Å². The SMILES string of the molecule is COc1cc(-c2cccc(C(=O)N[C@H]3CCNC3=O)c2)cc(OC)c1OC. The van der Waals surface area contributed by atoms with Crippen molar-refractivity contribution < 1.29 is 23.8 Å². The van der Waals surface area contributed by atoms with Gasteiger partial charge in [-0.25, -0.2) is 0 Å². The first kappa shape index (κ1) is 18.6. The fourth-order valence-electron chi connectivity index (χ4n) is 3.06. The van der Waals surface area contributed by atoms with Crippen molar-refractivity contribution in [1.82, 2.24) is 10.6 Å². The predicted octanol–water partition coefficient (Wildman–Crippen LogP) is 2.00. The van der Waals surface area contributed by atoms with Gasteiger partial charge in [-0.05, 0) is 41.8 Å². The summed E-state index contributed by atoms with van der Waals surface area (Å²) in [5.41, 5.74) is 2.11. The van der Waals surface area contributed by atoms with Gasteiger partial charge >= 0.3 is 0 Å². The van der Waals surface area contributed by atoms with Crippen LogP contribution in [0.15, 0.2) is 36.4 Å². The maximum absolute atomic E-state index is 12.5. The van der Waals surface area contributed by atoms with E-state index in [1.165, 1.54) is 0 Å². The highest BCUT2D eigenvalue weighted by atomic mass is 16.5. The lowest BCUT2D eigenvalue weighted by molar-refractivity contribution is -0.120. The Labute approximate surface area is 157 Å². The van der Waals surface area contributed by atoms with E-state index in [-0.39, 0.29) is 11.8 Å². The molecule has 2 aromatic carbocycles. The second kappa shape index (κ2) is 7.99. The molecule has 1 aliphatic heterocycles. The number of rotatable bonds is 6. The van der Waals surface area contributed by atoms with Gasteiger partial charge in [-0.2, -0.15) is 0 Å². The molecule has 1 fully saturated rings. The molecule has 2 N–H and O–H groups in total. The van der Waals surface area contributed by atoms with E-state index in [0.29, 0.717) is 35.8 Å². The minimum atomic E-state index is -0.484. The number of methoxy groups -OCH3 is 3. The molecule has 0 radical (unpaired) electrons. The van der Waals surface area contributed by atoms with E-state index in [9.17, 15) is 9.59 Å². The van der Waals surface area contributed by atoms with E-state index in [1.54, 1.807) is 39.5 Å². The molecule has 3 rings (SSSR count). The molecule has 1 heterocycles. The Balaban J connectivity index is 1.91. The molecule has 1 saturated heterocycles. The molecule has 142 valence electrons. The molecular formula is C20H22N2O5. The van der Waals surface area contributed by atoms with Crippen LogP contribution in [0.2, 0.25) is 0 Å². The maximum atomic E-state index is 12.5. The summed E-state index contributed by atoms with van der Waals surface area (Å²) in [6.45, 7) is 0.579. The van der Waals surface area contributed by atoms with Gasteiger partial charge < -0.3 is 24.8 Å². The summed E-state index contributed by atoms with van der Waals surface area (Å²) in [5.74, 6) is 1.13. The second-order valence-corrected chi connectivity index (χ2v) is 6.10. The predicted molar refractivity (Wildman–Crippen MR) is 100 cm³/mol. The third-order valence-corrected chi connectivity index (χ3v) is 4.48. The molecule has 27 heavy (non-hydrogen) atoms. The monoisotopic (exact) mass is 370 g/mol. The van der Waals surface area contributed by atoms with Crippen molar-refractivity contribution in [2.75, 3.05) is 27.9 Å². The Morgan fingerprint density at radius 1 is 1.04 bits per heavy atom. The van der Waals surface area contributed by atoms with Crippen molar-refractivity contribution in [1.29, 1.82) is 0 Å². The molecule has 0 saturated carbocycles. The number of ether oxygens (including phenoxy) is 3.